The van der Waals surface area contributed by atoms with Crippen molar-refractivity contribution in [2.75, 3.05) is 6.54 Å². The third-order valence-electron chi connectivity index (χ3n) is 3.43. The number of hydrogen-bond donors (Lipinski definition) is 2. The number of amides is 1. The van der Waals surface area contributed by atoms with Crippen LogP contribution in [0.1, 0.15) is 35.2 Å². The van der Waals surface area contributed by atoms with E-state index in [0.717, 1.165) is 18.4 Å². The smallest absolute Gasteiger partial charge is 0.326 e. The first-order chi connectivity index (χ1) is 9.13. The number of aliphatic carboxylic acids is 1. The highest BCUT2D eigenvalue weighted by Gasteiger charge is 2.32. The summed E-state index contributed by atoms with van der Waals surface area (Å²) in [5, 5.41) is 18.1. The summed E-state index contributed by atoms with van der Waals surface area (Å²) in [5.74, 6) is -1.20. The van der Waals surface area contributed by atoms with Gasteiger partial charge in [0.15, 0.2) is 0 Å². The molecule has 1 unspecified atom stereocenters. The summed E-state index contributed by atoms with van der Waals surface area (Å²) in [6, 6.07) is 5.88. The minimum Gasteiger partial charge on any atom is -0.480 e. The van der Waals surface area contributed by atoms with Gasteiger partial charge in [0.1, 0.15) is 6.04 Å². The first-order valence-electron chi connectivity index (χ1n) is 6.37. The molecule has 0 radical (unpaired) electrons. The SMILES string of the molecule is O=C(O)C1CCCCN1C(=O)c1ccc(CO)cc1. The number of likely N-dealkylation sites (tertiary alicyclic amines) is 1. The number of carbonyl (C=O) groups excluding carboxylic acids is 1. The first kappa shape index (κ1) is 13.5. The second kappa shape index (κ2) is 5.84. The predicted molar refractivity (Wildman–Crippen MR) is 68.7 cm³/mol. The standard InChI is InChI=1S/C14H17NO4/c16-9-10-4-6-11(7-5-10)13(17)15-8-2-1-3-12(15)14(18)19/h4-7,12,16H,1-3,8-9H2,(H,18,19). The Bertz CT molecular complexity index is 469. The molecule has 1 atom stereocenters. The fourth-order valence-corrected chi connectivity index (χ4v) is 2.35. The number of carbonyl (C=O) groups is 2. The van der Waals surface area contributed by atoms with E-state index in [0.29, 0.717) is 18.5 Å². The van der Waals surface area contributed by atoms with E-state index in [2.05, 4.69) is 0 Å². The largest absolute Gasteiger partial charge is 0.480 e. The van der Waals surface area contributed by atoms with Gasteiger partial charge in [0.2, 0.25) is 0 Å². The number of carboxylic acid groups (broad SMARTS) is 1. The number of rotatable bonds is 3. The number of aliphatic hydroxyl groups is 1. The van der Waals surface area contributed by atoms with Crippen LogP contribution in [0, 0.1) is 0 Å². The van der Waals surface area contributed by atoms with Gasteiger partial charge in [-0.1, -0.05) is 12.1 Å². The van der Waals surface area contributed by atoms with Crippen molar-refractivity contribution >= 4 is 11.9 Å². The van der Waals surface area contributed by atoms with Crippen molar-refractivity contribution in [1.29, 1.82) is 0 Å². The Hall–Kier alpha value is -1.88. The van der Waals surface area contributed by atoms with Gasteiger partial charge in [-0.15, -0.1) is 0 Å². The van der Waals surface area contributed by atoms with Gasteiger partial charge in [-0.2, -0.15) is 0 Å². The molecule has 1 aromatic carbocycles. The fourth-order valence-electron chi connectivity index (χ4n) is 2.35. The maximum atomic E-state index is 12.3. The molecule has 1 aromatic rings. The first-order valence-corrected chi connectivity index (χ1v) is 6.37. The van der Waals surface area contributed by atoms with Crippen LogP contribution in [0.4, 0.5) is 0 Å². The molecule has 0 aromatic heterocycles. The van der Waals surface area contributed by atoms with Crippen molar-refractivity contribution in [1.82, 2.24) is 4.90 Å². The van der Waals surface area contributed by atoms with Crippen LogP contribution in [0.5, 0.6) is 0 Å². The topological polar surface area (TPSA) is 77.8 Å². The van der Waals surface area contributed by atoms with E-state index in [1.54, 1.807) is 24.3 Å². The molecular formula is C14H17NO4. The van der Waals surface area contributed by atoms with Crippen molar-refractivity contribution in [3.05, 3.63) is 35.4 Å². The van der Waals surface area contributed by atoms with Gasteiger partial charge in [0, 0.05) is 12.1 Å². The van der Waals surface area contributed by atoms with Crippen LogP contribution in [-0.2, 0) is 11.4 Å². The second-order valence-corrected chi connectivity index (χ2v) is 4.70. The molecule has 1 fully saturated rings. The summed E-state index contributed by atoms with van der Waals surface area (Å²) in [4.78, 5) is 24.9. The van der Waals surface area contributed by atoms with Crippen LogP contribution in [-0.4, -0.2) is 39.6 Å². The minimum absolute atomic E-state index is 0.0735. The van der Waals surface area contributed by atoms with Crippen LogP contribution >= 0.6 is 0 Å². The molecular weight excluding hydrogens is 246 g/mol. The monoisotopic (exact) mass is 263 g/mol. The van der Waals surface area contributed by atoms with Crippen molar-refractivity contribution in [2.45, 2.75) is 31.9 Å². The lowest BCUT2D eigenvalue weighted by atomic mass is 10.0. The molecule has 5 heteroatoms. The van der Waals surface area contributed by atoms with Crippen LogP contribution < -0.4 is 0 Å². The second-order valence-electron chi connectivity index (χ2n) is 4.70. The summed E-state index contributed by atoms with van der Waals surface area (Å²) < 4.78 is 0. The van der Waals surface area contributed by atoms with Gasteiger partial charge in [0.05, 0.1) is 6.61 Å². The highest BCUT2D eigenvalue weighted by Crippen LogP contribution is 2.20. The quantitative estimate of drug-likeness (QED) is 0.860. The molecule has 2 rings (SSSR count). The Morgan fingerprint density at radius 2 is 1.89 bits per heavy atom. The molecule has 0 spiro atoms. The summed E-state index contributed by atoms with van der Waals surface area (Å²) in [7, 11) is 0. The number of carboxylic acids is 1. The average molecular weight is 263 g/mol. The Morgan fingerprint density at radius 3 is 2.47 bits per heavy atom. The number of hydrogen-bond acceptors (Lipinski definition) is 3. The summed E-state index contributed by atoms with van der Waals surface area (Å²) in [6.45, 7) is 0.410. The third kappa shape index (κ3) is 2.93. The Morgan fingerprint density at radius 1 is 1.21 bits per heavy atom. The predicted octanol–water partition coefficient (Wildman–Crippen LogP) is 1.26. The minimum atomic E-state index is -0.944. The molecule has 5 nitrogen and oxygen atoms in total. The van der Waals surface area contributed by atoms with Crippen molar-refractivity contribution in [3.63, 3.8) is 0 Å². The van der Waals surface area contributed by atoms with Gasteiger partial charge in [0.25, 0.3) is 5.91 Å². The molecule has 19 heavy (non-hydrogen) atoms. The molecule has 1 aliphatic heterocycles. The van der Waals surface area contributed by atoms with Gasteiger partial charge < -0.3 is 15.1 Å². The number of aliphatic hydroxyl groups excluding tert-OH is 1. The van der Waals surface area contributed by atoms with Gasteiger partial charge >= 0.3 is 5.97 Å². The molecule has 1 amide bonds. The van der Waals surface area contributed by atoms with E-state index in [1.807, 2.05) is 0 Å². The van der Waals surface area contributed by atoms with Crippen LogP contribution in [0.15, 0.2) is 24.3 Å². The molecule has 0 bridgehead atoms. The average Bonchev–Trinajstić information content (AvgIpc) is 2.46. The zero-order valence-electron chi connectivity index (χ0n) is 10.6. The summed E-state index contributed by atoms with van der Waals surface area (Å²) >= 11 is 0. The number of piperidine rings is 1. The van der Waals surface area contributed by atoms with E-state index < -0.39 is 12.0 Å². The molecule has 1 heterocycles. The van der Waals surface area contributed by atoms with E-state index >= 15 is 0 Å². The van der Waals surface area contributed by atoms with Crippen molar-refractivity contribution in [3.8, 4) is 0 Å². The molecule has 102 valence electrons. The van der Waals surface area contributed by atoms with Crippen molar-refractivity contribution in [2.24, 2.45) is 0 Å². The fraction of sp³-hybridized carbons (Fsp3) is 0.429. The lowest BCUT2D eigenvalue weighted by Gasteiger charge is -2.33. The van der Waals surface area contributed by atoms with Crippen LogP contribution in [0.3, 0.4) is 0 Å². The highest BCUT2D eigenvalue weighted by atomic mass is 16.4. The Labute approximate surface area is 111 Å². The van der Waals surface area contributed by atoms with E-state index in [-0.39, 0.29) is 12.5 Å². The molecule has 1 saturated heterocycles. The van der Waals surface area contributed by atoms with Crippen LogP contribution in [0.25, 0.3) is 0 Å². The normalized spacial score (nSPS) is 19.2. The Kier molecular flexibility index (Phi) is 4.16. The lowest BCUT2D eigenvalue weighted by molar-refractivity contribution is -0.143. The Balaban J connectivity index is 2.18. The molecule has 0 saturated carbocycles. The van der Waals surface area contributed by atoms with E-state index in [4.69, 9.17) is 10.2 Å². The maximum Gasteiger partial charge on any atom is 0.326 e. The van der Waals surface area contributed by atoms with Gasteiger partial charge in [-0.3, -0.25) is 4.79 Å². The lowest BCUT2D eigenvalue weighted by Crippen LogP contribution is -2.47. The zero-order valence-corrected chi connectivity index (χ0v) is 10.6. The maximum absolute atomic E-state index is 12.3. The third-order valence-corrected chi connectivity index (χ3v) is 3.43. The highest BCUT2D eigenvalue weighted by molar-refractivity contribution is 5.96. The number of nitrogens with zero attached hydrogens (tertiary/aromatic N) is 1. The number of benzene rings is 1. The zero-order chi connectivity index (χ0) is 13.8. The van der Waals surface area contributed by atoms with Crippen LogP contribution in [0.2, 0.25) is 0 Å². The molecule has 0 aliphatic carbocycles. The van der Waals surface area contributed by atoms with E-state index in [1.165, 1.54) is 4.90 Å². The molecule has 1 aliphatic rings. The summed E-state index contributed by atoms with van der Waals surface area (Å²) in [6.07, 6.45) is 2.18. The van der Waals surface area contributed by atoms with Gasteiger partial charge in [-0.05, 0) is 37.0 Å². The van der Waals surface area contributed by atoms with E-state index in [9.17, 15) is 9.59 Å². The molecule has 2 N–H and O–H groups in total. The van der Waals surface area contributed by atoms with Gasteiger partial charge in [-0.25, -0.2) is 4.79 Å². The van der Waals surface area contributed by atoms with Crippen molar-refractivity contribution < 1.29 is 19.8 Å². The summed E-state index contributed by atoms with van der Waals surface area (Å²) in [5.41, 5.74) is 1.19.